The largest absolute Gasteiger partial charge is 0.378 e. The van der Waals surface area contributed by atoms with Crippen molar-refractivity contribution in [1.82, 2.24) is 9.88 Å². The van der Waals surface area contributed by atoms with Gasteiger partial charge < -0.3 is 19.9 Å². The van der Waals surface area contributed by atoms with Gasteiger partial charge in [0.15, 0.2) is 0 Å². The topological polar surface area (TPSA) is 57.7 Å². The number of carbonyl (C=O) groups is 1. The number of likely N-dealkylation sites (tertiary alicyclic amines) is 1. The molecule has 2 saturated heterocycles. The highest BCUT2D eigenvalue weighted by molar-refractivity contribution is 5.90. The monoisotopic (exact) mass is 338 g/mol. The predicted molar refractivity (Wildman–Crippen MR) is 96.8 cm³/mol. The van der Waals surface area contributed by atoms with Crippen molar-refractivity contribution in [3.8, 4) is 0 Å². The summed E-state index contributed by atoms with van der Waals surface area (Å²) in [7, 11) is 0. The molecule has 1 aromatic heterocycles. The Labute approximate surface area is 147 Å². The number of benzene rings is 1. The lowest BCUT2D eigenvalue weighted by Crippen LogP contribution is -2.47. The molecule has 0 saturated carbocycles. The van der Waals surface area contributed by atoms with Crippen LogP contribution >= 0.6 is 0 Å². The molecule has 2 aliphatic rings. The first-order valence-corrected chi connectivity index (χ1v) is 8.72. The molecule has 6 heteroatoms. The zero-order valence-corrected chi connectivity index (χ0v) is 14.1. The van der Waals surface area contributed by atoms with Crippen LogP contribution in [0.2, 0.25) is 0 Å². The average Bonchev–Trinajstić information content (AvgIpc) is 2.63. The third-order valence-corrected chi connectivity index (χ3v) is 4.80. The molecule has 4 rings (SSSR count). The summed E-state index contributed by atoms with van der Waals surface area (Å²) in [5.41, 5.74) is 1.91. The van der Waals surface area contributed by atoms with E-state index in [-0.39, 0.29) is 12.1 Å². The summed E-state index contributed by atoms with van der Waals surface area (Å²) in [6, 6.07) is 14.1. The number of nitrogens with one attached hydrogen (secondary N) is 1. The van der Waals surface area contributed by atoms with Gasteiger partial charge in [0.05, 0.1) is 31.1 Å². The number of anilines is 2. The normalized spacial score (nSPS) is 20.1. The van der Waals surface area contributed by atoms with Gasteiger partial charge in [0.2, 0.25) is 0 Å². The van der Waals surface area contributed by atoms with Crippen LogP contribution in [0.15, 0.2) is 48.7 Å². The summed E-state index contributed by atoms with van der Waals surface area (Å²) in [6.07, 6.45) is 2.73. The molecule has 1 aromatic carbocycles. The smallest absolute Gasteiger partial charge is 0.322 e. The lowest BCUT2D eigenvalue weighted by molar-refractivity contribution is 0.122. The number of urea groups is 1. The number of ether oxygens (including phenoxy) is 1. The van der Waals surface area contributed by atoms with Crippen LogP contribution in [-0.2, 0) is 4.74 Å². The molecule has 0 spiro atoms. The van der Waals surface area contributed by atoms with Crippen molar-refractivity contribution < 1.29 is 9.53 Å². The maximum Gasteiger partial charge on any atom is 0.322 e. The van der Waals surface area contributed by atoms with Crippen molar-refractivity contribution in [2.75, 3.05) is 43.1 Å². The maximum absolute atomic E-state index is 12.5. The van der Waals surface area contributed by atoms with Gasteiger partial charge in [0.1, 0.15) is 5.82 Å². The van der Waals surface area contributed by atoms with E-state index >= 15 is 0 Å². The fourth-order valence-electron chi connectivity index (χ4n) is 3.29. The van der Waals surface area contributed by atoms with E-state index in [1.807, 2.05) is 35.2 Å². The first-order chi connectivity index (χ1) is 12.3. The van der Waals surface area contributed by atoms with Gasteiger partial charge in [-0.3, -0.25) is 0 Å². The van der Waals surface area contributed by atoms with Gasteiger partial charge in [-0.2, -0.15) is 0 Å². The Balaban J connectivity index is 1.37. The highest BCUT2D eigenvalue weighted by Gasteiger charge is 2.33. The van der Waals surface area contributed by atoms with E-state index in [2.05, 4.69) is 27.3 Å². The van der Waals surface area contributed by atoms with E-state index in [0.717, 1.165) is 50.8 Å². The van der Waals surface area contributed by atoms with Crippen LogP contribution in [0, 0.1) is 0 Å². The molecule has 3 heterocycles. The summed E-state index contributed by atoms with van der Waals surface area (Å²) >= 11 is 0. The van der Waals surface area contributed by atoms with Crippen LogP contribution in [0.3, 0.4) is 0 Å². The van der Waals surface area contributed by atoms with Crippen molar-refractivity contribution in [3.05, 3.63) is 54.2 Å². The van der Waals surface area contributed by atoms with Gasteiger partial charge in [-0.1, -0.05) is 30.3 Å². The van der Waals surface area contributed by atoms with Crippen LogP contribution < -0.4 is 10.2 Å². The fraction of sp³-hybridized carbons (Fsp3) is 0.368. The predicted octanol–water partition coefficient (Wildman–Crippen LogP) is 2.90. The lowest BCUT2D eigenvalue weighted by Gasteiger charge is -2.41. The van der Waals surface area contributed by atoms with E-state index in [1.54, 1.807) is 6.20 Å². The summed E-state index contributed by atoms with van der Waals surface area (Å²) in [6.45, 7) is 3.95. The highest BCUT2D eigenvalue weighted by Crippen LogP contribution is 2.33. The second-order valence-electron chi connectivity index (χ2n) is 6.34. The van der Waals surface area contributed by atoms with E-state index in [4.69, 9.17) is 4.74 Å². The minimum absolute atomic E-state index is 0.0685. The second kappa shape index (κ2) is 7.11. The van der Waals surface area contributed by atoms with Gasteiger partial charge in [0, 0.05) is 19.6 Å². The third kappa shape index (κ3) is 3.44. The Morgan fingerprint density at radius 2 is 1.88 bits per heavy atom. The number of amides is 2. The molecule has 0 aliphatic carbocycles. The van der Waals surface area contributed by atoms with Crippen molar-refractivity contribution in [1.29, 1.82) is 0 Å². The number of hydrogen-bond donors (Lipinski definition) is 1. The second-order valence-corrected chi connectivity index (χ2v) is 6.34. The van der Waals surface area contributed by atoms with E-state index in [1.165, 1.54) is 5.56 Å². The molecule has 2 aliphatic heterocycles. The van der Waals surface area contributed by atoms with Gasteiger partial charge in [0.25, 0.3) is 0 Å². The van der Waals surface area contributed by atoms with Gasteiger partial charge in [-0.05, 0) is 24.1 Å². The Bertz CT molecular complexity index is 714. The molecule has 0 radical (unpaired) electrons. The Kier molecular flexibility index (Phi) is 4.52. The third-order valence-electron chi connectivity index (χ3n) is 4.80. The number of rotatable bonds is 3. The van der Waals surface area contributed by atoms with Crippen molar-refractivity contribution in [2.45, 2.75) is 12.5 Å². The quantitative estimate of drug-likeness (QED) is 0.935. The van der Waals surface area contributed by atoms with E-state index < -0.39 is 0 Å². The SMILES string of the molecule is O=C(Nc1ccc(N2CCOCC2)nc1)N1CC[C@@H]1c1ccccc1. The van der Waals surface area contributed by atoms with Gasteiger partial charge in [-0.15, -0.1) is 0 Å². The first kappa shape index (κ1) is 15.9. The van der Waals surface area contributed by atoms with E-state index in [0.29, 0.717) is 0 Å². The van der Waals surface area contributed by atoms with Crippen LogP contribution in [0.25, 0.3) is 0 Å². The Morgan fingerprint density at radius 3 is 2.52 bits per heavy atom. The van der Waals surface area contributed by atoms with Gasteiger partial charge >= 0.3 is 6.03 Å². The van der Waals surface area contributed by atoms with Gasteiger partial charge in [-0.25, -0.2) is 9.78 Å². The summed E-state index contributed by atoms with van der Waals surface area (Å²) in [5, 5.41) is 2.96. The van der Waals surface area contributed by atoms with Crippen molar-refractivity contribution in [2.24, 2.45) is 0 Å². The van der Waals surface area contributed by atoms with Crippen LogP contribution in [0.1, 0.15) is 18.0 Å². The zero-order valence-electron chi connectivity index (χ0n) is 14.1. The fourth-order valence-corrected chi connectivity index (χ4v) is 3.29. The molecule has 2 amide bonds. The summed E-state index contributed by atoms with van der Waals surface area (Å²) in [4.78, 5) is 21.1. The number of carbonyl (C=O) groups excluding carboxylic acids is 1. The molecule has 130 valence electrons. The molecular weight excluding hydrogens is 316 g/mol. The van der Waals surface area contributed by atoms with Crippen LogP contribution in [0.5, 0.6) is 0 Å². The standard InChI is InChI=1S/C19H22N4O2/c24-19(23-9-8-17(23)15-4-2-1-3-5-15)21-16-6-7-18(20-14-16)22-10-12-25-13-11-22/h1-7,14,17H,8-13H2,(H,21,24)/t17-/m1/s1. The molecular formula is C19H22N4O2. The molecule has 2 fully saturated rings. The molecule has 0 unspecified atom stereocenters. The average molecular weight is 338 g/mol. The zero-order chi connectivity index (χ0) is 17.1. The minimum Gasteiger partial charge on any atom is -0.378 e. The first-order valence-electron chi connectivity index (χ1n) is 8.72. The van der Waals surface area contributed by atoms with Crippen LogP contribution in [0.4, 0.5) is 16.3 Å². The summed E-state index contributed by atoms with van der Waals surface area (Å²) < 4.78 is 5.36. The summed E-state index contributed by atoms with van der Waals surface area (Å²) in [5.74, 6) is 0.924. The Morgan fingerprint density at radius 1 is 1.08 bits per heavy atom. The molecule has 1 atom stereocenters. The molecule has 0 bridgehead atoms. The number of morpholine rings is 1. The van der Waals surface area contributed by atoms with Crippen molar-refractivity contribution in [3.63, 3.8) is 0 Å². The molecule has 25 heavy (non-hydrogen) atoms. The highest BCUT2D eigenvalue weighted by atomic mass is 16.5. The number of aromatic nitrogens is 1. The lowest BCUT2D eigenvalue weighted by atomic mass is 9.95. The number of nitrogens with zero attached hydrogens (tertiary/aromatic N) is 3. The molecule has 2 aromatic rings. The molecule has 1 N–H and O–H groups in total. The van der Waals surface area contributed by atoms with E-state index in [9.17, 15) is 4.79 Å². The number of hydrogen-bond acceptors (Lipinski definition) is 4. The maximum atomic E-state index is 12.5. The van der Waals surface area contributed by atoms with Crippen molar-refractivity contribution >= 4 is 17.5 Å². The number of pyridine rings is 1. The van der Waals surface area contributed by atoms with Crippen LogP contribution in [-0.4, -0.2) is 48.8 Å². The Hall–Kier alpha value is -2.60. The minimum atomic E-state index is -0.0685. The molecule has 6 nitrogen and oxygen atoms in total.